The summed E-state index contributed by atoms with van der Waals surface area (Å²) in [7, 11) is -4.41. The number of aryl methyl sites for hydroxylation is 2. The number of nitrogens with one attached hydrogen (secondary N) is 1. The van der Waals surface area contributed by atoms with Crippen LogP contribution in [-0.4, -0.2) is 71.0 Å². The highest BCUT2D eigenvalue weighted by Crippen LogP contribution is 2.33. The van der Waals surface area contributed by atoms with Crippen LogP contribution in [0, 0.1) is 6.92 Å². The van der Waals surface area contributed by atoms with Crippen LogP contribution in [-0.2, 0) is 25.8 Å². The van der Waals surface area contributed by atoms with E-state index in [1.807, 2.05) is 6.92 Å². The molecule has 2 amide bonds. The maximum absolute atomic E-state index is 13.8. The summed E-state index contributed by atoms with van der Waals surface area (Å²) in [6.07, 6.45) is 1.23. The predicted octanol–water partition coefficient (Wildman–Crippen LogP) is 1.11. The number of aromatic amines is 1. The highest BCUT2D eigenvalue weighted by Gasteiger charge is 2.33. The van der Waals surface area contributed by atoms with Crippen molar-refractivity contribution in [2.75, 3.05) is 31.1 Å². The number of hydrogen-bond acceptors (Lipinski definition) is 8. The monoisotopic (exact) mass is 516 g/mol. The topological polar surface area (TPSA) is 147 Å². The minimum Gasteiger partial charge on any atom is -0.492 e. The zero-order chi connectivity index (χ0) is 26.2. The molecule has 3 heterocycles. The molecule has 13 heteroatoms. The normalized spacial score (nSPS) is 14.7. The summed E-state index contributed by atoms with van der Waals surface area (Å²) in [6.45, 7) is 7.34. The van der Waals surface area contributed by atoms with Gasteiger partial charge in [0.1, 0.15) is 29.6 Å². The number of fused-ring (bicyclic) bond motifs is 1. The van der Waals surface area contributed by atoms with Gasteiger partial charge in [-0.3, -0.25) is 19.4 Å². The smallest absolute Gasteiger partial charge is 0.278 e. The van der Waals surface area contributed by atoms with Gasteiger partial charge in [-0.05, 0) is 45.4 Å². The molecule has 12 nitrogen and oxygen atoms in total. The number of amides is 2. The third-order valence-electron chi connectivity index (χ3n) is 5.93. The molecule has 2 aromatic heterocycles. The Balaban J connectivity index is 1.85. The van der Waals surface area contributed by atoms with Crippen LogP contribution in [0.1, 0.15) is 38.7 Å². The Morgan fingerprint density at radius 2 is 1.83 bits per heavy atom. The van der Waals surface area contributed by atoms with Gasteiger partial charge in [0.15, 0.2) is 5.52 Å². The molecule has 0 saturated carbocycles. The Labute approximate surface area is 207 Å². The van der Waals surface area contributed by atoms with E-state index in [2.05, 4.69) is 15.1 Å². The maximum Gasteiger partial charge on any atom is 0.278 e. The number of imidazole rings is 1. The van der Waals surface area contributed by atoms with Crippen LogP contribution in [0.2, 0.25) is 0 Å². The Morgan fingerprint density at radius 3 is 2.50 bits per heavy atom. The van der Waals surface area contributed by atoms with E-state index in [1.54, 1.807) is 20.8 Å². The fourth-order valence-electron chi connectivity index (χ4n) is 4.16. The largest absolute Gasteiger partial charge is 0.492 e. The molecule has 3 aromatic rings. The van der Waals surface area contributed by atoms with Crippen molar-refractivity contribution in [3.05, 3.63) is 40.1 Å². The van der Waals surface area contributed by atoms with Gasteiger partial charge in [0.25, 0.3) is 10.7 Å². The van der Waals surface area contributed by atoms with Gasteiger partial charge in [-0.2, -0.15) is 0 Å². The van der Waals surface area contributed by atoms with E-state index in [0.29, 0.717) is 24.5 Å². The van der Waals surface area contributed by atoms with Gasteiger partial charge in [-0.1, -0.05) is 6.92 Å². The number of sulfone groups is 1. The standard InChI is InChI=1S/C23H28N6O6S/c1-5-8-18-24-14(4)21-22(32)25-23(26-29(18)21)36(33,34)17-11-15(9-10-16(17)35-7-3)28-13-19(30)27(6-2)12-20(28)31/h9-11H,5-8,12-13H2,1-4H3,(H,25,26,32). The van der Waals surface area contributed by atoms with E-state index < -0.39 is 20.6 Å². The number of anilines is 1. The lowest BCUT2D eigenvalue weighted by molar-refractivity contribution is -0.138. The van der Waals surface area contributed by atoms with E-state index >= 15 is 0 Å². The number of H-pyrrole nitrogens is 1. The van der Waals surface area contributed by atoms with E-state index in [0.717, 1.165) is 6.42 Å². The number of aromatic nitrogens is 4. The number of hydrogen-bond donors (Lipinski definition) is 1. The average Bonchev–Trinajstić information content (AvgIpc) is 3.16. The molecule has 0 radical (unpaired) electrons. The molecule has 36 heavy (non-hydrogen) atoms. The van der Waals surface area contributed by atoms with Gasteiger partial charge in [-0.25, -0.2) is 17.9 Å². The first-order chi connectivity index (χ1) is 17.1. The number of rotatable bonds is 8. The van der Waals surface area contributed by atoms with E-state index in [-0.39, 0.29) is 53.4 Å². The van der Waals surface area contributed by atoms with Gasteiger partial charge in [0, 0.05) is 18.7 Å². The van der Waals surface area contributed by atoms with Gasteiger partial charge in [0.05, 0.1) is 12.3 Å². The molecule has 1 aliphatic rings. The molecule has 1 fully saturated rings. The fraction of sp³-hybridized carbons (Fsp3) is 0.435. The number of nitrogens with zero attached hydrogens (tertiary/aromatic N) is 5. The molecular weight excluding hydrogens is 488 g/mol. The van der Waals surface area contributed by atoms with Gasteiger partial charge >= 0.3 is 0 Å². The van der Waals surface area contributed by atoms with Crippen molar-refractivity contribution < 1.29 is 22.7 Å². The molecule has 1 aliphatic heterocycles. The second-order valence-electron chi connectivity index (χ2n) is 8.34. The number of carbonyl (C=O) groups is 2. The SMILES string of the molecule is CCCc1nc(C)c2c(=O)[nH]c(S(=O)(=O)c3cc(N4CC(=O)N(CC)CC4=O)ccc3OCC)nn12. The summed E-state index contributed by atoms with van der Waals surface area (Å²) in [6, 6.07) is 4.22. The van der Waals surface area contributed by atoms with Crippen LogP contribution in [0.5, 0.6) is 5.75 Å². The molecule has 192 valence electrons. The Kier molecular flexibility index (Phi) is 6.85. The van der Waals surface area contributed by atoms with Crippen molar-refractivity contribution in [2.45, 2.75) is 50.6 Å². The summed E-state index contributed by atoms with van der Waals surface area (Å²) >= 11 is 0. The van der Waals surface area contributed by atoms with E-state index in [4.69, 9.17) is 4.74 Å². The first-order valence-corrected chi connectivity index (χ1v) is 13.2. The summed E-state index contributed by atoms with van der Waals surface area (Å²) in [5, 5.41) is 3.65. The molecule has 0 spiro atoms. The average molecular weight is 517 g/mol. The van der Waals surface area contributed by atoms with Crippen LogP contribution in [0.25, 0.3) is 5.52 Å². The van der Waals surface area contributed by atoms with E-state index in [1.165, 1.54) is 32.5 Å². The van der Waals surface area contributed by atoms with Crippen molar-refractivity contribution in [3.63, 3.8) is 0 Å². The Hall–Kier alpha value is -3.74. The molecule has 0 atom stereocenters. The highest BCUT2D eigenvalue weighted by atomic mass is 32.2. The lowest BCUT2D eigenvalue weighted by Crippen LogP contribution is -2.53. The van der Waals surface area contributed by atoms with Crippen molar-refractivity contribution >= 4 is 32.9 Å². The third-order valence-corrected chi connectivity index (χ3v) is 7.52. The van der Waals surface area contributed by atoms with Crippen LogP contribution >= 0.6 is 0 Å². The number of likely N-dealkylation sites (N-methyl/N-ethyl adjacent to an activating group) is 1. The molecule has 0 bridgehead atoms. The number of carbonyl (C=O) groups excluding carboxylic acids is 2. The first kappa shape index (κ1) is 25.4. The zero-order valence-corrected chi connectivity index (χ0v) is 21.4. The fourth-order valence-corrected chi connectivity index (χ4v) is 5.45. The highest BCUT2D eigenvalue weighted by molar-refractivity contribution is 7.91. The summed E-state index contributed by atoms with van der Waals surface area (Å²) in [5.74, 6) is -0.0735. The quantitative estimate of drug-likeness (QED) is 0.468. The minimum absolute atomic E-state index is 0.0329. The predicted molar refractivity (Wildman–Crippen MR) is 130 cm³/mol. The summed E-state index contributed by atoms with van der Waals surface area (Å²) in [5.41, 5.74) is 0.206. The van der Waals surface area contributed by atoms with E-state index in [9.17, 15) is 22.8 Å². The summed E-state index contributed by atoms with van der Waals surface area (Å²) in [4.78, 5) is 47.1. The summed E-state index contributed by atoms with van der Waals surface area (Å²) < 4.78 is 34.3. The van der Waals surface area contributed by atoms with Crippen molar-refractivity contribution in [1.29, 1.82) is 0 Å². The van der Waals surface area contributed by atoms with Crippen molar-refractivity contribution in [2.24, 2.45) is 0 Å². The first-order valence-electron chi connectivity index (χ1n) is 11.7. The third kappa shape index (κ3) is 4.34. The Morgan fingerprint density at radius 1 is 1.08 bits per heavy atom. The molecule has 4 rings (SSSR count). The van der Waals surface area contributed by atoms with Gasteiger partial charge in [-0.15, -0.1) is 5.10 Å². The maximum atomic E-state index is 13.8. The molecular formula is C23H28N6O6S. The second kappa shape index (κ2) is 9.72. The lowest BCUT2D eigenvalue weighted by Gasteiger charge is -2.33. The van der Waals surface area contributed by atoms with Crippen LogP contribution in [0.3, 0.4) is 0 Å². The lowest BCUT2D eigenvalue weighted by atomic mass is 10.2. The van der Waals surface area contributed by atoms with Crippen molar-refractivity contribution in [3.8, 4) is 5.75 Å². The zero-order valence-electron chi connectivity index (χ0n) is 20.6. The number of piperazine rings is 1. The number of ether oxygens (including phenoxy) is 1. The second-order valence-corrected chi connectivity index (χ2v) is 10.2. The molecule has 0 unspecified atom stereocenters. The molecule has 1 saturated heterocycles. The molecule has 1 N–H and O–H groups in total. The minimum atomic E-state index is -4.41. The van der Waals surface area contributed by atoms with Crippen LogP contribution in [0.4, 0.5) is 5.69 Å². The Bertz CT molecular complexity index is 1510. The van der Waals surface area contributed by atoms with Crippen molar-refractivity contribution in [1.82, 2.24) is 24.5 Å². The van der Waals surface area contributed by atoms with Gasteiger partial charge < -0.3 is 14.5 Å². The molecule has 0 aliphatic carbocycles. The molecule has 1 aromatic carbocycles. The van der Waals surface area contributed by atoms with Crippen LogP contribution < -0.4 is 15.2 Å². The number of benzene rings is 1. The van der Waals surface area contributed by atoms with Crippen LogP contribution in [0.15, 0.2) is 33.0 Å². The van der Waals surface area contributed by atoms with Gasteiger partial charge in [0.2, 0.25) is 21.7 Å².